The van der Waals surface area contributed by atoms with E-state index in [0.29, 0.717) is 23.3 Å². The molecule has 18 heavy (non-hydrogen) atoms. The lowest BCUT2D eigenvalue weighted by molar-refractivity contribution is -0.733. The first kappa shape index (κ1) is 13.1. The van der Waals surface area contributed by atoms with E-state index in [-0.39, 0.29) is 5.54 Å². The lowest BCUT2D eigenvalue weighted by atomic mass is 10.1. The molecule has 5 heteroatoms. The van der Waals surface area contributed by atoms with Crippen LogP contribution >= 0.6 is 11.6 Å². The maximum atomic E-state index is 5.83. The van der Waals surface area contributed by atoms with Gasteiger partial charge in [-0.1, -0.05) is 16.8 Å². The highest BCUT2D eigenvalue weighted by molar-refractivity contribution is 6.30. The summed E-state index contributed by atoms with van der Waals surface area (Å²) in [6.07, 6.45) is 0. The van der Waals surface area contributed by atoms with Crippen molar-refractivity contribution in [2.75, 3.05) is 0 Å². The van der Waals surface area contributed by atoms with E-state index in [1.165, 1.54) is 0 Å². The zero-order valence-electron chi connectivity index (χ0n) is 10.8. The van der Waals surface area contributed by atoms with Crippen LogP contribution < -0.4 is 5.32 Å². The van der Waals surface area contributed by atoms with Crippen LogP contribution in [0.15, 0.2) is 28.8 Å². The third-order valence-corrected chi connectivity index (χ3v) is 2.71. The molecule has 0 fully saturated rings. The number of halogens is 1. The molecule has 0 bridgehead atoms. The summed E-state index contributed by atoms with van der Waals surface area (Å²) in [7, 11) is 0. The van der Waals surface area contributed by atoms with E-state index in [2.05, 4.69) is 36.2 Å². The summed E-state index contributed by atoms with van der Waals surface area (Å²) in [6.45, 7) is 7.11. The molecule has 0 aliphatic heterocycles. The smallest absolute Gasteiger partial charge is 0.282 e. The maximum Gasteiger partial charge on any atom is 0.282 e. The number of benzene rings is 1. The van der Waals surface area contributed by atoms with Crippen LogP contribution in [0.3, 0.4) is 0 Å². The number of nitrogens with two attached hydrogens (primary N) is 1. The predicted molar refractivity (Wildman–Crippen MR) is 70.1 cm³/mol. The largest absolute Gasteiger partial charge is 0.334 e. The Kier molecular flexibility index (Phi) is 3.68. The van der Waals surface area contributed by atoms with Crippen molar-refractivity contribution in [3.63, 3.8) is 0 Å². The Labute approximate surface area is 111 Å². The summed E-state index contributed by atoms with van der Waals surface area (Å²) in [6, 6.07) is 7.39. The van der Waals surface area contributed by atoms with Crippen LogP contribution in [0.5, 0.6) is 0 Å². The first-order valence-corrected chi connectivity index (χ1v) is 6.25. The van der Waals surface area contributed by atoms with E-state index in [0.717, 1.165) is 5.56 Å². The minimum Gasteiger partial charge on any atom is -0.334 e. The Morgan fingerprint density at radius 1 is 1.22 bits per heavy atom. The third kappa shape index (κ3) is 3.55. The van der Waals surface area contributed by atoms with E-state index in [1.807, 2.05) is 24.3 Å². The summed E-state index contributed by atoms with van der Waals surface area (Å²) in [4.78, 5) is 4.36. The van der Waals surface area contributed by atoms with Crippen LogP contribution in [0.1, 0.15) is 26.7 Å². The van der Waals surface area contributed by atoms with Crippen molar-refractivity contribution in [1.29, 1.82) is 0 Å². The average Bonchev–Trinajstić information content (AvgIpc) is 2.75. The van der Waals surface area contributed by atoms with Gasteiger partial charge in [0.05, 0.1) is 5.54 Å². The fourth-order valence-corrected chi connectivity index (χ4v) is 1.57. The fourth-order valence-electron chi connectivity index (χ4n) is 1.45. The number of quaternary nitrogens is 1. The van der Waals surface area contributed by atoms with Gasteiger partial charge in [0.1, 0.15) is 0 Å². The Balaban J connectivity index is 2.08. The van der Waals surface area contributed by atoms with Gasteiger partial charge in [-0.15, -0.1) is 0 Å². The van der Waals surface area contributed by atoms with Crippen molar-refractivity contribution >= 4 is 11.6 Å². The third-order valence-electron chi connectivity index (χ3n) is 2.46. The molecule has 2 N–H and O–H groups in total. The molecule has 96 valence electrons. The molecule has 0 amide bonds. The van der Waals surface area contributed by atoms with E-state index in [1.54, 1.807) is 0 Å². The molecular formula is C13H17ClN3O+. The minimum atomic E-state index is 0.148. The van der Waals surface area contributed by atoms with Crippen molar-refractivity contribution in [1.82, 2.24) is 10.1 Å². The Morgan fingerprint density at radius 3 is 2.50 bits per heavy atom. The van der Waals surface area contributed by atoms with E-state index in [4.69, 9.17) is 16.1 Å². The molecule has 1 aromatic heterocycles. The van der Waals surface area contributed by atoms with Crippen LogP contribution in [0, 0.1) is 0 Å². The minimum absolute atomic E-state index is 0.148. The fraction of sp³-hybridized carbons (Fsp3) is 0.385. The van der Waals surface area contributed by atoms with E-state index < -0.39 is 0 Å². The number of hydrogen-bond acceptors (Lipinski definition) is 3. The quantitative estimate of drug-likeness (QED) is 0.927. The Hall–Kier alpha value is -1.39. The molecule has 0 radical (unpaired) electrons. The lowest BCUT2D eigenvalue weighted by Crippen LogP contribution is -2.93. The van der Waals surface area contributed by atoms with E-state index >= 15 is 0 Å². The van der Waals surface area contributed by atoms with Gasteiger partial charge in [0.25, 0.3) is 5.89 Å². The number of rotatable bonds is 3. The summed E-state index contributed by atoms with van der Waals surface area (Å²) in [5, 5.41) is 6.82. The van der Waals surface area contributed by atoms with Crippen molar-refractivity contribution in [3.05, 3.63) is 35.2 Å². The van der Waals surface area contributed by atoms with Crippen LogP contribution in [-0.4, -0.2) is 15.7 Å². The summed E-state index contributed by atoms with van der Waals surface area (Å²) in [5.74, 6) is 1.24. The summed E-state index contributed by atoms with van der Waals surface area (Å²) in [5.41, 5.74) is 1.06. The zero-order valence-corrected chi connectivity index (χ0v) is 11.5. The second-order valence-electron chi connectivity index (χ2n) is 5.29. The molecule has 4 nitrogen and oxygen atoms in total. The standard InChI is InChI=1S/C13H16ClN3O/c1-13(2,3)15-8-11-16-12(17-18-11)9-4-6-10(14)7-5-9/h4-7,15H,8H2,1-3H3/p+1. The van der Waals surface area contributed by atoms with Gasteiger partial charge in [-0.25, -0.2) is 0 Å². The average molecular weight is 267 g/mol. The Bertz CT molecular complexity index is 514. The molecule has 0 unspecified atom stereocenters. The molecule has 2 rings (SSSR count). The van der Waals surface area contributed by atoms with Crippen LogP contribution in [0.2, 0.25) is 5.02 Å². The van der Waals surface area contributed by atoms with E-state index in [9.17, 15) is 0 Å². The first-order valence-electron chi connectivity index (χ1n) is 5.87. The normalized spacial score (nSPS) is 11.8. The van der Waals surface area contributed by atoms with Crippen molar-refractivity contribution in [2.45, 2.75) is 32.9 Å². The SMILES string of the molecule is CC(C)(C)[NH2+]Cc1nc(-c2ccc(Cl)cc2)no1. The molecule has 0 saturated carbocycles. The zero-order chi connectivity index (χ0) is 13.2. The highest BCUT2D eigenvalue weighted by Gasteiger charge is 2.16. The number of hydrogen-bond donors (Lipinski definition) is 1. The van der Waals surface area contributed by atoms with Crippen molar-refractivity contribution < 1.29 is 9.84 Å². The van der Waals surface area contributed by atoms with Gasteiger partial charge < -0.3 is 9.84 Å². The van der Waals surface area contributed by atoms with Gasteiger partial charge in [0.2, 0.25) is 5.82 Å². The van der Waals surface area contributed by atoms with Gasteiger partial charge in [0, 0.05) is 10.6 Å². The van der Waals surface area contributed by atoms with Crippen molar-refractivity contribution in [2.24, 2.45) is 0 Å². The molecule has 2 aromatic rings. The molecular weight excluding hydrogens is 250 g/mol. The lowest BCUT2D eigenvalue weighted by Gasteiger charge is -2.14. The molecule has 0 saturated heterocycles. The van der Waals surface area contributed by atoms with Crippen LogP contribution in [-0.2, 0) is 6.54 Å². The molecule has 1 aromatic carbocycles. The van der Waals surface area contributed by atoms with Crippen LogP contribution in [0.25, 0.3) is 11.4 Å². The van der Waals surface area contributed by atoms with Gasteiger partial charge in [-0.05, 0) is 45.0 Å². The van der Waals surface area contributed by atoms with Gasteiger partial charge >= 0.3 is 0 Å². The van der Waals surface area contributed by atoms with Gasteiger partial charge in [-0.3, -0.25) is 0 Å². The monoisotopic (exact) mass is 266 g/mol. The number of nitrogens with zero attached hydrogens (tertiary/aromatic N) is 2. The topological polar surface area (TPSA) is 55.5 Å². The highest BCUT2D eigenvalue weighted by atomic mass is 35.5. The molecule has 0 aliphatic rings. The molecule has 0 atom stereocenters. The predicted octanol–water partition coefficient (Wildman–Crippen LogP) is 2.25. The summed E-state index contributed by atoms with van der Waals surface area (Å²) >= 11 is 5.83. The van der Waals surface area contributed by atoms with Gasteiger partial charge in [-0.2, -0.15) is 4.98 Å². The van der Waals surface area contributed by atoms with Gasteiger partial charge in [0.15, 0.2) is 6.54 Å². The first-order chi connectivity index (χ1) is 8.44. The molecule has 0 aliphatic carbocycles. The number of aromatic nitrogens is 2. The van der Waals surface area contributed by atoms with Crippen LogP contribution in [0.4, 0.5) is 0 Å². The maximum absolute atomic E-state index is 5.83. The van der Waals surface area contributed by atoms with Crippen molar-refractivity contribution in [3.8, 4) is 11.4 Å². The molecule has 1 heterocycles. The Morgan fingerprint density at radius 2 is 1.89 bits per heavy atom. The second kappa shape index (κ2) is 5.08. The second-order valence-corrected chi connectivity index (χ2v) is 5.73. The highest BCUT2D eigenvalue weighted by Crippen LogP contribution is 2.18. The summed E-state index contributed by atoms with van der Waals surface area (Å²) < 4.78 is 5.22. The molecule has 0 spiro atoms.